The Balaban J connectivity index is 2.16. The highest BCUT2D eigenvalue weighted by Gasteiger charge is 2.22. The van der Waals surface area contributed by atoms with Gasteiger partial charge in [0.05, 0.1) is 7.11 Å². The van der Waals surface area contributed by atoms with Crippen LogP contribution in [-0.4, -0.2) is 12.6 Å². The maximum atomic E-state index is 5.28. The summed E-state index contributed by atoms with van der Waals surface area (Å²) in [6.45, 7) is 7.74. The van der Waals surface area contributed by atoms with Crippen molar-refractivity contribution in [1.82, 2.24) is 5.32 Å². The minimum absolute atomic E-state index is 0.273. The lowest BCUT2D eigenvalue weighted by molar-refractivity contribution is 0.288. The molecule has 114 valence electrons. The van der Waals surface area contributed by atoms with E-state index in [0.29, 0.717) is 0 Å². The molecule has 2 aromatic rings. The van der Waals surface area contributed by atoms with Crippen LogP contribution in [0.25, 0.3) is 10.8 Å². The molecular formula is C19H27NO. The molecule has 0 saturated heterocycles. The van der Waals surface area contributed by atoms with Gasteiger partial charge in [0.25, 0.3) is 0 Å². The molecule has 0 aliphatic carbocycles. The SMILES string of the molecule is CCC(CC)(CC)NCc1ccc2cc(OC)ccc2c1. The van der Waals surface area contributed by atoms with E-state index >= 15 is 0 Å². The molecule has 0 fully saturated rings. The fraction of sp³-hybridized carbons (Fsp3) is 0.474. The van der Waals surface area contributed by atoms with Crippen molar-refractivity contribution in [3.8, 4) is 5.75 Å². The van der Waals surface area contributed by atoms with Crippen molar-refractivity contribution in [2.24, 2.45) is 0 Å². The van der Waals surface area contributed by atoms with Crippen molar-refractivity contribution in [2.75, 3.05) is 7.11 Å². The minimum atomic E-state index is 0.273. The van der Waals surface area contributed by atoms with Gasteiger partial charge in [-0.1, -0.05) is 39.0 Å². The molecule has 0 aliphatic heterocycles. The monoisotopic (exact) mass is 285 g/mol. The summed E-state index contributed by atoms with van der Waals surface area (Å²) in [4.78, 5) is 0. The van der Waals surface area contributed by atoms with Crippen LogP contribution >= 0.6 is 0 Å². The molecule has 0 aromatic heterocycles. The van der Waals surface area contributed by atoms with E-state index in [0.717, 1.165) is 12.3 Å². The number of benzene rings is 2. The molecule has 0 bridgehead atoms. The third kappa shape index (κ3) is 3.56. The molecule has 0 atom stereocenters. The molecule has 2 heteroatoms. The number of rotatable bonds is 7. The van der Waals surface area contributed by atoms with Gasteiger partial charge < -0.3 is 10.1 Å². The smallest absolute Gasteiger partial charge is 0.119 e. The number of hydrogen-bond donors (Lipinski definition) is 1. The second kappa shape index (κ2) is 6.95. The van der Waals surface area contributed by atoms with Gasteiger partial charge in [-0.15, -0.1) is 0 Å². The highest BCUT2D eigenvalue weighted by atomic mass is 16.5. The van der Waals surface area contributed by atoms with E-state index in [1.807, 2.05) is 6.07 Å². The average molecular weight is 285 g/mol. The molecule has 2 nitrogen and oxygen atoms in total. The van der Waals surface area contributed by atoms with E-state index in [1.165, 1.54) is 35.6 Å². The molecule has 0 unspecified atom stereocenters. The highest BCUT2D eigenvalue weighted by Crippen LogP contribution is 2.23. The molecule has 0 heterocycles. The molecule has 0 aliphatic rings. The predicted octanol–water partition coefficient (Wildman–Crippen LogP) is 4.91. The fourth-order valence-electron chi connectivity index (χ4n) is 2.92. The number of hydrogen-bond acceptors (Lipinski definition) is 2. The fourth-order valence-corrected chi connectivity index (χ4v) is 2.92. The van der Waals surface area contributed by atoms with Gasteiger partial charge in [-0.25, -0.2) is 0 Å². The van der Waals surface area contributed by atoms with Crippen LogP contribution in [0.15, 0.2) is 36.4 Å². The molecule has 0 saturated carbocycles. The zero-order valence-corrected chi connectivity index (χ0v) is 13.7. The summed E-state index contributed by atoms with van der Waals surface area (Å²) in [7, 11) is 1.71. The van der Waals surface area contributed by atoms with Gasteiger partial charge in [0.2, 0.25) is 0 Å². The second-order valence-electron chi connectivity index (χ2n) is 5.74. The van der Waals surface area contributed by atoms with Crippen LogP contribution in [0, 0.1) is 0 Å². The Morgan fingerprint density at radius 1 is 0.905 bits per heavy atom. The van der Waals surface area contributed by atoms with Crippen molar-refractivity contribution in [3.05, 3.63) is 42.0 Å². The Morgan fingerprint density at radius 3 is 2.14 bits per heavy atom. The van der Waals surface area contributed by atoms with Crippen LogP contribution in [0.3, 0.4) is 0 Å². The Hall–Kier alpha value is -1.54. The Morgan fingerprint density at radius 2 is 1.52 bits per heavy atom. The first-order valence-electron chi connectivity index (χ1n) is 7.98. The van der Waals surface area contributed by atoms with Crippen molar-refractivity contribution >= 4 is 10.8 Å². The molecule has 2 rings (SSSR count). The summed E-state index contributed by atoms with van der Waals surface area (Å²) >= 11 is 0. The Kier molecular flexibility index (Phi) is 5.24. The van der Waals surface area contributed by atoms with Gasteiger partial charge in [0.15, 0.2) is 0 Å². The van der Waals surface area contributed by atoms with Gasteiger partial charge >= 0.3 is 0 Å². The first kappa shape index (κ1) is 15.8. The predicted molar refractivity (Wildman–Crippen MR) is 90.9 cm³/mol. The normalized spacial score (nSPS) is 11.8. The molecule has 0 radical (unpaired) electrons. The quantitative estimate of drug-likeness (QED) is 0.780. The standard InChI is InChI=1S/C19H27NO/c1-5-19(6-2,7-3)20-14-15-8-9-17-13-18(21-4)11-10-16(17)12-15/h8-13,20H,5-7,14H2,1-4H3. The van der Waals surface area contributed by atoms with E-state index in [4.69, 9.17) is 4.74 Å². The van der Waals surface area contributed by atoms with E-state index in [9.17, 15) is 0 Å². The molecular weight excluding hydrogens is 258 g/mol. The summed E-state index contributed by atoms with van der Waals surface area (Å²) in [6.07, 6.45) is 3.51. The van der Waals surface area contributed by atoms with Gasteiger partial charge in [0, 0.05) is 12.1 Å². The van der Waals surface area contributed by atoms with E-state index in [-0.39, 0.29) is 5.54 Å². The van der Waals surface area contributed by atoms with Crippen LogP contribution in [0.4, 0.5) is 0 Å². The lowest BCUT2D eigenvalue weighted by Crippen LogP contribution is -2.43. The number of fused-ring (bicyclic) bond motifs is 1. The van der Waals surface area contributed by atoms with Gasteiger partial charge in [-0.05, 0) is 53.8 Å². The maximum absolute atomic E-state index is 5.28. The van der Waals surface area contributed by atoms with Crippen LogP contribution < -0.4 is 10.1 Å². The van der Waals surface area contributed by atoms with Crippen molar-refractivity contribution in [3.63, 3.8) is 0 Å². The summed E-state index contributed by atoms with van der Waals surface area (Å²) in [5.74, 6) is 0.912. The first-order chi connectivity index (χ1) is 10.2. The average Bonchev–Trinajstić information content (AvgIpc) is 2.56. The largest absolute Gasteiger partial charge is 0.497 e. The van der Waals surface area contributed by atoms with Gasteiger partial charge in [-0.3, -0.25) is 0 Å². The van der Waals surface area contributed by atoms with Crippen LogP contribution in [0.5, 0.6) is 5.75 Å². The summed E-state index contributed by atoms with van der Waals surface area (Å²) in [6, 6.07) is 12.9. The summed E-state index contributed by atoms with van der Waals surface area (Å²) < 4.78 is 5.28. The Bertz CT molecular complexity index is 579. The van der Waals surface area contributed by atoms with E-state index < -0.39 is 0 Å². The lowest BCUT2D eigenvalue weighted by atomic mass is 9.89. The second-order valence-corrected chi connectivity index (χ2v) is 5.74. The first-order valence-corrected chi connectivity index (χ1v) is 7.98. The highest BCUT2D eigenvalue weighted by molar-refractivity contribution is 5.84. The maximum Gasteiger partial charge on any atom is 0.119 e. The molecule has 1 N–H and O–H groups in total. The third-order valence-corrected chi connectivity index (χ3v) is 4.81. The molecule has 0 spiro atoms. The van der Waals surface area contributed by atoms with Crippen LogP contribution in [0.2, 0.25) is 0 Å². The van der Waals surface area contributed by atoms with Crippen LogP contribution in [-0.2, 0) is 6.54 Å². The number of methoxy groups -OCH3 is 1. The Labute approximate surface area is 128 Å². The molecule has 21 heavy (non-hydrogen) atoms. The topological polar surface area (TPSA) is 21.3 Å². The number of ether oxygens (including phenoxy) is 1. The minimum Gasteiger partial charge on any atom is -0.497 e. The summed E-state index contributed by atoms with van der Waals surface area (Å²) in [5.41, 5.74) is 1.61. The zero-order chi connectivity index (χ0) is 15.3. The number of nitrogens with one attached hydrogen (secondary N) is 1. The molecule has 0 amide bonds. The van der Waals surface area contributed by atoms with Gasteiger partial charge in [0.1, 0.15) is 5.75 Å². The van der Waals surface area contributed by atoms with Crippen molar-refractivity contribution in [1.29, 1.82) is 0 Å². The van der Waals surface area contributed by atoms with E-state index in [1.54, 1.807) is 7.11 Å². The zero-order valence-electron chi connectivity index (χ0n) is 13.7. The summed E-state index contributed by atoms with van der Waals surface area (Å²) in [5, 5.41) is 6.26. The van der Waals surface area contributed by atoms with E-state index in [2.05, 4.69) is 56.4 Å². The lowest BCUT2D eigenvalue weighted by Gasteiger charge is -2.32. The third-order valence-electron chi connectivity index (χ3n) is 4.81. The molecule has 2 aromatic carbocycles. The van der Waals surface area contributed by atoms with Crippen molar-refractivity contribution < 1.29 is 4.74 Å². The van der Waals surface area contributed by atoms with Crippen molar-refractivity contribution in [2.45, 2.75) is 52.1 Å². The van der Waals surface area contributed by atoms with Crippen LogP contribution in [0.1, 0.15) is 45.6 Å². The van der Waals surface area contributed by atoms with Gasteiger partial charge in [-0.2, -0.15) is 0 Å².